The lowest BCUT2D eigenvalue weighted by atomic mass is 10.2. The van der Waals surface area contributed by atoms with E-state index in [0.29, 0.717) is 6.54 Å². The van der Waals surface area contributed by atoms with Gasteiger partial charge in [0.05, 0.1) is 25.0 Å². The molecule has 0 saturated carbocycles. The maximum atomic E-state index is 5.20. The lowest BCUT2D eigenvalue weighted by molar-refractivity contribution is 0.414. The molecular weight excluding hydrogens is 465 g/mol. The van der Waals surface area contributed by atoms with E-state index in [0.717, 1.165) is 36.1 Å². The largest absolute Gasteiger partial charge is 0.497 e. The van der Waals surface area contributed by atoms with Gasteiger partial charge in [-0.15, -0.1) is 24.0 Å². The van der Waals surface area contributed by atoms with Crippen LogP contribution in [-0.4, -0.2) is 36.4 Å². The molecule has 146 valence electrons. The maximum absolute atomic E-state index is 5.20. The van der Waals surface area contributed by atoms with Crippen LogP contribution in [0.4, 0.5) is 5.69 Å². The number of hydrogen-bond acceptors (Lipinski definition) is 3. The Morgan fingerprint density at radius 1 is 1.14 bits per heavy atom. The van der Waals surface area contributed by atoms with Crippen LogP contribution in [0.2, 0.25) is 0 Å². The van der Waals surface area contributed by atoms with Gasteiger partial charge in [-0.05, 0) is 48.4 Å². The second kappa shape index (κ2) is 9.09. The van der Waals surface area contributed by atoms with Crippen molar-refractivity contribution >= 4 is 35.6 Å². The number of nitrogens with one attached hydrogen (secondary N) is 1. The Morgan fingerprint density at radius 3 is 2.68 bits per heavy atom. The first-order valence-corrected chi connectivity index (χ1v) is 9.03. The van der Waals surface area contributed by atoms with Gasteiger partial charge in [-0.1, -0.05) is 18.2 Å². The fourth-order valence-corrected chi connectivity index (χ4v) is 3.36. The Balaban J connectivity index is 0.00000225. The number of ether oxygens (including phenoxy) is 1. The average molecular weight is 489 g/mol. The van der Waals surface area contributed by atoms with E-state index in [4.69, 9.17) is 4.74 Å². The van der Waals surface area contributed by atoms with E-state index >= 15 is 0 Å². The van der Waals surface area contributed by atoms with E-state index in [1.165, 1.54) is 11.3 Å². The Labute approximate surface area is 182 Å². The molecular formula is C21H24IN5O. The van der Waals surface area contributed by atoms with Crippen LogP contribution in [0, 0.1) is 0 Å². The van der Waals surface area contributed by atoms with Gasteiger partial charge in [0.15, 0.2) is 5.96 Å². The zero-order valence-electron chi connectivity index (χ0n) is 16.0. The molecule has 0 bridgehead atoms. The number of aliphatic imine (C=N–C) groups is 1. The van der Waals surface area contributed by atoms with Crippen molar-refractivity contribution in [3.8, 4) is 11.4 Å². The Hall–Kier alpha value is -2.55. The van der Waals surface area contributed by atoms with Crippen molar-refractivity contribution in [1.82, 2.24) is 15.1 Å². The molecule has 2 aromatic carbocycles. The molecule has 2 heterocycles. The predicted molar refractivity (Wildman–Crippen MR) is 123 cm³/mol. The summed E-state index contributed by atoms with van der Waals surface area (Å²) < 4.78 is 7.07. The van der Waals surface area contributed by atoms with E-state index in [1.54, 1.807) is 7.11 Å². The number of guanidine groups is 1. The molecule has 0 unspecified atom stereocenters. The monoisotopic (exact) mass is 489 g/mol. The van der Waals surface area contributed by atoms with Gasteiger partial charge in [-0.2, -0.15) is 5.10 Å². The highest BCUT2D eigenvalue weighted by Gasteiger charge is 2.22. The molecule has 4 rings (SSSR count). The number of hydrogen-bond donors (Lipinski definition) is 1. The standard InChI is InChI=1S/C21H23N5O.HI/c1-22-21(25-13-11-16-5-3-4-6-20(16)25)23-15-17-12-14-26(24-17)18-7-9-19(27-2)10-8-18;/h3-10,12,14H,11,13,15H2,1-2H3,(H,22,23);1H. The van der Waals surface area contributed by atoms with Crippen molar-refractivity contribution < 1.29 is 4.74 Å². The van der Waals surface area contributed by atoms with Gasteiger partial charge in [-0.25, -0.2) is 4.68 Å². The molecule has 0 fully saturated rings. The minimum Gasteiger partial charge on any atom is -0.497 e. The highest BCUT2D eigenvalue weighted by molar-refractivity contribution is 14.0. The number of anilines is 1. The summed E-state index contributed by atoms with van der Waals surface area (Å²) in [6.45, 7) is 1.56. The van der Waals surface area contributed by atoms with Crippen LogP contribution in [0.3, 0.4) is 0 Å². The molecule has 0 spiro atoms. The highest BCUT2D eigenvalue weighted by Crippen LogP contribution is 2.27. The van der Waals surface area contributed by atoms with E-state index in [1.807, 2.05) is 48.3 Å². The fourth-order valence-electron chi connectivity index (χ4n) is 3.36. The number of nitrogens with zero attached hydrogens (tertiary/aromatic N) is 4. The lowest BCUT2D eigenvalue weighted by Gasteiger charge is -2.22. The first-order chi connectivity index (χ1) is 13.3. The third kappa shape index (κ3) is 4.14. The summed E-state index contributed by atoms with van der Waals surface area (Å²) >= 11 is 0. The van der Waals surface area contributed by atoms with Gasteiger partial charge >= 0.3 is 0 Å². The third-order valence-electron chi connectivity index (χ3n) is 4.76. The van der Waals surface area contributed by atoms with Crippen LogP contribution in [0.25, 0.3) is 5.69 Å². The van der Waals surface area contributed by atoms with Crippen molar-refractivity contribution in [3.63, 3.8) is 0 Å². The summed E-state index contributed by atoms with van der Waals surface area (Å²) in [5, 5.41) is 8.08. The smallest absolute Gasteiger partial charge is 0.198 e. The Kier molecular flexibility index (Phi) is 6.56. The second-order valence-corrected chi connectivity index (χ2v) is 6.38. The number of methoxy groups -OCH3 is 1. The summed E-state index contributed by atoms with van der Waals surface area (Å²) in [4.78, 5) is 6.68. The molecule has 7 heteroatoms. The van der Waals surface area contributed by atoms with Gasteiger partial charge in [0.2, 0.25) is 0 Å². The quantitative estimate of drug-likeness (QED) is 0.346. The SMILES string of the molecule is CN=C(NCc1ccn(-c2ccc(OC)cc2)n1)N1CCc2ccccc21.I. The first-order valence-electron chi connectivity index (χ1n) is 9.03. The molecule has 3 aromatic rings. The average Bonchev–Trinajstić information content (AvgIpc) is 3.36. The van der Waals surface area contributed by atoms with E-state index in [9.17, 15) is 0 Å². The van der Waals surface area contributed by atoms with Crippen LogP contribution in [0.1, 0.15) is 11.3 Å². The van der Waals surface area contributed by atoms with Crippen LogP contribution in [-0.2, 0) is 13.0 Å². The van der Waals surface area contributed by atoms with Crippen molar-refractivity contribution in [1.29, 1.82) is 0 Å². The fraction of sp³-hybridized carbons (Fsp3) is 0.238. The molecule has 0 saturated heterocycles. The molecule has 1 aromatic heterocycles. The molecule has 1 aliphatic heterocycles. The van der Waals surface area contributed by atoms with Crippen molar-refractivity contribution in [2.24, 2.45) is 4.99 Å². The molecule has 1 N–H and O–H groups in total. The highest BCUT2D eigenvalue weighted by atomic mass is 127. The Bertz CT molecular complexity index is 951. The van der Waals surface area contributed by atoms with E-state index in [-0.39, 0.29) is 24.0 Å². The van der Waals surface area contributed by atoms with Gasteiger partial charge in [0.1, 0.15) is 5.75 Å². The number of para-hydroxylation sites is 1. The summed E-state index contributed by atoms with van der Waals surface area (Å²) in [7, 11) is 3.48. The molecule has 0 aliphatic carbocycles. The molecule has 0 amide bonds. The minimum absolute atomic E-state index is 0. The summed E-state index contributed by atoms with van der Waals surface area (Å²) in [5.74, 6) is 1.71. The summed E-state index contributed by atoms with van der Waals surface area (Å²) in [6, 6.07) is 18.3. The van der Waals surface area contributed by atoms with Gasteiger partial charge in [0.25, 0.3) is 0 Å². The topological polar surface area (TPSA) is 54.7 Å². The van der Waals surface area contributed by atoms with E-state index in [2.05, 4.69) is 44.6 Å². The van der Waals surface area contributed by atoms with E-state index < -0.39 is 0 Å². The van der Waals surface area contributed by atoms with Gasteiger partial charge in [0, 0.05) is 25.5 Å². The third-order valence-corrected chi connectivity index (χ3v) is 4.76. The van der Waals surface area contributed by atoms with Gasteiger partial charge < -0.3 is 15.0 Å². The van der Waals surface area contributed by atoms with Crippen LogP contribution in [0.15, 0.2) is 65.8 Å². The zero-order valence-corrected chi connectivity index (χ0v) is 18.3. The molecule has 0 radical (unpaired) electrons. The van der Waals surface area contributed by atoms with Crippen LogP contribution < -0.4 is 15.0 Å². The molecule has 6 nitrogen and oxygen atoms in total. The number of aromatic nitrogens is 2. The van der Waals surface area contributed by atoms with Crippen molar-refractivity contribution in [2.45, 2.75) is 13.0 Å². The normalized spacial score (nSPS) is 13.1. The lowest BCUT2D eigenvalue weighted by Crippen LogP contribution is -2.40. The number of halogens is 1. The molecule has 0 atom stereocenters. The first kappa shape index (κ1) is 20.2. The van der Waals surface area contributed by atoms with Crippen molar-refractivity contribution in [3.05, 3.63) is 72.1 Å². The number of rotatable bonds is 4. The minimum atomic E-state index is 0. The summed E-state index contributed by atoms with van der Waals surface area (Å²) in [6.07, 6.45) is 3.01. The van der Waals surface area contributed by atoms with Crippen LogP contribution >= 0.6 is 24.0 Å². The number of benzene rings is 2. The molecule has 1 aliphatic rings. The maximum Gasteiger partial charge on any atom is 0.198 e. The van der Waals surface area contributed by atoms with Crippen molar-refractivity contribution in [2.75, 3.05) is 25.6 Å². The summed E-state index contributed by atoms with van der Waals surface area (Å²) in [5.41, 5.74) is 4.55. The van der Waals surface area contributed by atoms with Gasteiger partial charge in [-0.3, -0.25) is 4.99 Å². The van der Waals surface area contributed by atoms with Crippen LogP contribution in [0.5, 0.6) is 5.75 Å². The molecule has 28 heavy (non-hydrogen) atoms. The second-order valence-electron chi connectivity index (χ2n) is 6.38. The predicted octanol–water partition coefficient (Wildman–Crippen LogP) is 3.64. The Morgan fingerprint density at radius 2 is 1.93 bits per heavy atom. The zero-order chi connectivity index (χ0) is 18.6. The number of fused-ring (bicyclic) bond motifs is 1.